The van der Waals surface area contributed by atoms with E-state index in [1.54, 1.807) is 35.2 Å². The average molecular weight is 373 g/mol. The summed E-state index contributed by atoms with van der Waals surface area (Å²) in [5.74, 6) is 0.0136. The van der Waals surface area contributed by atoms with Gasteiger partial charge in [0.25, 0.3) is 5.91 Å². The first kappa shape index (κ1) is 16.5. The Balaban J connectivity index is 1.73. The fraction of sp³-hybridized carbons (Fsp3) is 0.0909. The highest BCUT2D eigenvalue weighted by atomic mass is 19.1. The van der Waals surface area contributed by atoms with Crippen LogP contribution in [0.2, 0.25) is 0 Å². The molecule has 5 nitrogen and oxygen atoms in total. The number of ether oxygens (including phenoxy) is 1. The molecule has 138 valence electrons. The lowest BCUT2D eigenvalue weighted by molar-refractivity contribution is 0.0831. The van der Waals surface area contributed by atoms with Crippen molar-refractivity contribution < 1.29 is 13.9 Å². The predicted molar refractivity (Wildman–Crippen MR) is 105 cm³/mol. The van der Waals surface area contributed by atoms with Crippen molar-refractivity contribution in [1.29, 1.82) is 0 Å². The number of allylic oxidation sites excluding steroid dienone is 3. The van der Waals surface area contributed by atoms with Crippen LogP contribution in [0.25, 0.3) is 22.0 Å². The smallest absolute Gasteiger partial charge is 0.262 e. The zero-order valence-corrected chi connectivity index (χ0v) is 15.1. The summed E-state index contributed by atoms with van der Waals surface area (Å²) in [6.07, 6.45) is 5.62. The first-order valence-electron chi connectivity index (χ1n) is 8.83. The SMILES string of the molecule is COc1ccc(F)c(-c2cccc3c(N)c4c(nc23)CN(C2=CC=C2)C4=O)c1. The first-order valence-corrected chi connectivity index (χ1v) is 8.83. The normalized spacial score (nSPS) is 14.9. The van der Waals surface area contributed by atoms with Crippen molar-refractivity contribution in [3.8, 4) is 16.9 Å². The maximum absolute atomic E-state index is 14.6. The second-order valence-electron chi connectivity index (χ2n) is 6.74. The molecule has 2 N–H and O–H groups in total. The van der Waals surface area contributed by atoms with Crippen LogP contribution in [-0.4, -0.2) is 22.9 Å². The molecule has 0 radical (unpaired) electrons. The molecule has 28 heavy (non-hydrogen) atoms. The Bertz CT molecular complexity index is 1230. The van der Waals surface area contributed by atoms with E-state index < -0.39 is 0 Å². The summed E-state index contributed by atoms with van der Waals surface area (Å²) in [4.78, 5) is 19.2. The van der Waals surface area contributed by atoms with Crippen molar-refractivity contribution in [3.63, 3.8) is 0 Å². The minimum Gasteiger partial charge on any atom is -0.497 e. The predicted octanol–water partition coefficient (Wildman–Crippen LogP) is 4.04. The molecule has 3 aromatic rings. The summed E-state index contributed by atoms with van der Waals surface area (Å²) in [6, 6.07) is 9.96. The van der Waals surface area contributed by atoms with Crippen molar-refractivity contribution in [3.05, 3.63) is 77.4 Å². The molecule has 0 saturated heterocycles. The fourth-order valence-corrected chi connectivity index (χ4v) is 3.70. The van der Waals surface area contributed by atoms with Crippen LogP contribution in [0.4, 0.5) is 10.1 Å². The van der Waals surface area contributed by atoms with Crippen molar-refractivity contribution >= 4 is 22.5 Å². The van der Waals surface area contributed by atoms with E-state index in [0.29, 0.717) is 51.3 Å². The van der Waals surface area contributed by atoms with Gasteiger partial charge in [-0.15, -0.1) is 0 Å². The van der Waals surface area contributed by atoms with Crippen LogP contribution in [0, 0.1) is 5.82 Å². The molecule has 0 atom stereocenters. The van der Waals surface area contributed by atoms with Crippen molar-refractivity contribution in [2.24, 2.45) is 0 Å². The Hall–Kier alpha value is -3.67. The van der Waals surface area contributed by atoms with Crippen LogP contribution in [0.15, 0.2) is 60.3 Å². The van der Waals surface area contributed by atoms with E-state index in [1.165, 1.54) is 13.2 Å². The van der Waals surface area contributed by atoms with E-state index >= 15 is 0 Å². The number of hydrogen-bond acceptors (Lipinski definition) is 4. The molecule has 2 aromatic carbocycles. The van der Waals surface area contributed by atoms with E-state index in [4.69, 9.17) is 15.5 Å². The van der Waals surface area contributed by atoms with Gasteiger partial charge in [0.1, 0.15) is 11.6 Å². The molecule has 0 unspecified atom stereocenters. The number of anilines is 1. The van der Waals surface area contributed by atoms with E-state index in [2.05, 4.69) is 0 Å². The Morgan fingerprint density at radius 1 is 1.21 bits per heavy atom. The summed E-state index contributed by atoms with van der Waals surface area (Å²) >= 11 is 0. The van der Waals surface area contributed by atoms with Crippen molar-refractivity contribution in [1.82, 2.24) is 9.88 Å². The number of nitrogens with two attached hydrogens (primary N) is 1. The number of nitrogens with zero attached hydrogens (tertiary/aromatic N) is 2. The number of fused-ring (bicyclic) bond motifs is 2. The van der Waals surface area contributed by atoms with Crippen molar-refractivity contribution in [2.45, 2.75) is 6.54 Å². The number of para-hydroxylation sites is 1. The Morgan fingerprint density at radius 2 is 2.04 bits per heavy atom. The molecule has 1 aliphatic heterocycles. The van der Waals surface area contributed by atoms with E-state index in [-0.39, 0.29) is 11.7 Å². The monoisotopic (exact) mass is 373 g/mol. The molecule has 2 heterocycles. The van der Waals surface area contributed by atoms with Gasteiger partial charge in [0.15, 0.2) is 0 Å². The Kier molecular flexibility index (Phi) is 3.49. The number of methoxy groups -OCH3 is 1. The highest BCUT2D eigenvalue weighted by molar-refractivity contribution is 6.12. The standard InChI is InChI=1S/C22H16FN3O2/c1-28-13-8-9-17(23)16(10-13)14-6-3-7-15-20(24)19-18(25-21(14)15)11-26(22(19)27)12-4-2-5-12/h2-10H,11H2,1H3,(H2,24,25). The number of benzene rings is 2. The second-order valence-corrected chi connectivity index (χ2v) is 6.74. The van der Waals surface area contributed by atoms with Gasteiger partial charge in [0.2, 0.25) is 0 Å². The number of amides is 1. The molecule has 1 amide bonds. The maximum atomic E-state index is 14.6. The van der Waals surface area contributed by atoms with Gasteiger partial charge in [0.05, 0.1) is 36.1 Å². The summed E-state index contributed by atoms with van der Waals surface area (Å²) in [6.45, 7) is 0.347. The minimum atomic E-state index is -0.378. The molecule has 2 aliphatic rings. The highest BCUT2D eigenvalue weighted by Crippen LogP contribution is 2.39. The summed E-state index contributed by atoms with van der Waals surface area (Å²) in [7, 11) is 1.53. The Labute approximate surface area is 160 Å². The summed E-state index contributed by atoms with van der Waals surface area (Å²) in [5, 5.41) is 0.631. The third kappa shape index (κ3) is 2.24. The first-order chi connectivity index (χ1) is 13.6. The number of carbonyl (C=O) groups excluding carboxylic acids is 1. The van der Waals surface area contributed by atoms with Gasteiger partial charge >= 0.3 is 0 Å². The zero-order chi connectivity index (χ0) is 19.4. The van der Waals surface area contributed by atoms with Gasteiger partial charge in [-0.1, -0.05) is 24.3 Å². The molecule has 6 heteroatoms. The van der Waals surface area contributed by atoms with Gasteiger partial charge < -0.3 is 15.4 Å². The van der Waals surface area contributed by atoms with Crippen LogP contribution in [-0.2, 0) is 6.54 Å². The number of aromatic nitrogens is 1. The van der Waals surface area contributed by atoms with Crippen LogP contribution in [0.5, 0.6) is 5.75 Å². The lowest BCUT2D eigenvalue weighted by Gasteiger charge is -2.19. The lowest BCUT2D eigenvalue weighted by Crippen LogP contribution is -2.24. The number of hydrogen-bond donors (Lipinski definition) is 1. The van der Waals surface area contributed by atoms with Gasteiger partial charge in [0, 0.05) is 22.2 Å². The number of carbonyl (C=O) groups is 1. The quantitative estimate of drug-likeness (QED) is 0.752. The van der Waals surface area contributed by atoms with Crippen LogP contribution in [0.1, 0.15) is 16.1 Å². The number of halogens is 1. The summed E-state index contributed by atoms with van der Waals surface area (Å²) < 4.78 is 19.8. The van der Waals surface area contributed by atoms with Gasteiger partial charge in [-0.2, -0.15) is 0 Å². The van der Waals surface area contributed by atoms with Crippen LogP contribution >= 0.6 is 0 Å². The molecule has 0 saturated carbocycles. The molecule has 0 fully saturated rings. The average Bonchev–Trinajstić information content (AvgIpc) is 2.97. The van der Waals surface area contributed by atoms with Gasteiger partial charge in [-0.05, 0) is 30.4 Å². The maximum Gasteiger partial charge on any atom is 0.262 e. The Morgan fingerprint density at radius 3 is 2.75 bits per heavy atom. The highest BCUT2D eigenvalue weighted by Gasteiger charge is 2.34. The molecule has 1 aliphatic carbocycles. The number of rotatable bonds is 3. The lowest BCUT2D eigenvalue weighted by atomic mass is 9.98. The third-order valence-corrected chi connectivity index (χ3v) is 5.21. The topological polar surface area (TPSA) is 68.5 Å². The van der Waals surface area contributed by atoms with Gasteiger partial charge in [-0.25, -0.2) is 9.37 Å². The van der Waals surface area contributed by atoms with E-state index in [9.17, 15) is 9.18 Å². The van der Waals surface area contributed by atoms with Crippen LogP contribution < -0.4 is 10.5 Å². The van der Waals surface area contributed by atoms with Crippen molar-refractivity contribution in [2.75, 3.05) is 12.8 Å². The van der Waals surface area contributed by atoms with Gasteiger partial charge in [-0.3, -0.25) is 4.79 Å². The van der Waals surface area contributed by atoms with Crippen LogP contribution in [0.3, 0.4) is 0 Å². The fourth-order valence-electron chi connectivity index (χ4n) is 3.70. The molecule has 0 bridgehead atoms. The molecule has 5 rings (SSSR count). The summed E-state index contributed by atoms with van der Waals surface area (Å²) in [5.41, 5.74) is 10.2. The molecule has 1 aromatic heterocycles. The number of nitrogen functional groups attached to an aromatic ring is 1. The third-order valence-electron chi connectivity index (χ3n) is 5.21. The minimum absolute atomic E-state index is 0.157. The number of pyridine rings is 1. The largest absolute Gasteiger partial charge is 0.497 e. The molecule has 0 spiro atoms. The molecular weight excluding hydrogens is 357 g/mol. The molecular formula is C22H16FN3O2. The second kappa shape index (κ2) is 5.92. The zero-order valence-electron chi connectivity index (χ0n) is 15.1. The van der Waals surface area contributed by atoms with E-state index in [0.717, 1.165) is 5.70 Å². The van der Waals surface area contributed by atoms with E-state index in [1.807, 2.05) is 18.2 Å².